The third kappa shape index (κ3) is 4.96. The van der Waals surface area contributed by atoms with Gasteiger partial charge in [-0.2, -0.15) is 0 Å². The lowest BCUT2D eigenvalue weighted by molar-refractivity contribution is -0.126. The average molecular weight is 434 g/mol. The Kier molecular flexibility index (Phi) is 6.67. The number of hydrogen-bond donors (Lipinski definition) is 1. The number of amides is 1. The molecule has 32 heavy (non-hydrogen) atoms. The molecule has 2 saturated heterocycles. The molecule has 0 radical (unpaired) electrons. The summed E-state index contributed by atoms with van der Waals surface area (Å²) in [5, 5.41) is 3.40. The van der Waals surface area contributed by atoms with Crippen LogP contribution in [-0.2, 0) is 11.3 Å². The number of aromatic nitrogens is 2. The van der Waals surface area contributed by atoms with Gasteiger partial charge >= 0.3 is 0 Å². The van der Waals surface area contributed by atoms with E-state index in [0.29, 0.717) is 6.04 Å². The van der Waals surface area contributed by atoms with Gasteiger partial charge in [-0.3, -0.25) is 9.69 Å². The standard InChI is InChI=1S/C26H35N5O/c32-25(28-21-11-5-2-6-12-21)23-19-30(17-20-9-3-1-4-10-20)18-22(23)24-13-14-27-26(29-24)31-15-7-8-16-31/h1,3-4,9-10,13-14,21-23H,2,5-8,11-12,15-19H2,(H,28,32)/t22-,23-/m0/s1. The molecule has 170 valence electrons. The molecule has 0 unspecified atom stereocenters. The highest BCUT2D eigenvalue weighted by Crippen LogP contribution is 2.34. The van der Waals surface area contributed by atoms with Crippen LogP contribution in [0.4, 0.5) is 5.95 Å². The van der Waals surface area contributed by atoms with Crippen molar-refractivity contribution in [3.63, 3.8) is 0 Å². The molecular weight excluding hydrogens is 398 g/mol. The molecule has 1 aromatic carbocycles. The first-order valence-electron chi connectivity index (χ1n) is 12.4. The van der Waals surface area contributed by atoms with E-state index in [-0.39, 0.29) is 17.7 Å². The second kappa shape index (κ2) is 9.99. The Hall–Kier alpha value is -2.47. The number of nitrogens with zero attached hydrogens (tertiary/aromatic N) is 4. The molecule has 1 saturated carbocycles. The molecule has 2 aromatic rings. The minimum absolute atomic E-state index is 0.0676. The molecule has 1 amide bonds. The van der Waals surface area contributed by atoms with E-state index >= 15 is 0 Å². The van der Waals surface area contributed by atoms with Crippen LogP contribution < -0.4 is 10.2 Å². The molecule has 1 aromatic heterocycles. The van der Waals surface area contributed by atoms with Crippen molar-refractivity contribution < 1.29 is 4.79 Å². The van der Waals surface area contributed by atoms with Crippen LogP contribution in [0, 0.1) is 5.92 Å². The maximum absolute atomic E-state index is 13.4. The number of carbonyl (C=O) groups excluding carboxylic acids is 1. The van der Waals surface area contributed by atoms with E-state index < -0.39 is 0 Å². The highest BCUT2D eigenvalue weighted by atomic mass is 16.2. The van der Waals surface area contributed by atoms with Crippen molar-refractivity contribution in [2.75, 3.05) is 31.1 Å². The molecule has 3 fully saturated rings. The van der Waals surface area contributed by atoms with Gasteiger partial charge in [0.25, 0.3) is 0 Å². The largest absolute Gasteiger partial charge is 0.353 e. The highest BCUT2D eigenvalue weighted by Gasteiger charge is 2.40. The van der Waals surface area contributed by atoms with E-state index in [1.807, 2.05) is 12.3 Å². The summed E-state index contributed by atoms with van der Waals surface area (Å²) < 4.78 is 0. The summed E-state index contributed by atoms with van der Waals surface area (Å²) in [7, 11) is 0. The summed E-state index contributed by atoms with van der Waals surface area (Å²) in [6.45, 7) is 4.56. The van der Waals surface area contributed by atoms with Crippen LogP contribution in [0.3, 0.4) is 0 Å². The first-order chi connectivity index (χ1) is 15.8. The van der Waals surface area contributed by atoms with Crippen molar-refractivity contribution in [3.05, 3.63) is 53.9 Å². The molecule has 6 nitrogen and oxygen atoms in total. The van der Waals surface area contributed by atoms with Gasteiger partial charge in [0.2, 0.25) is 11.9 Å². The number of anilines is 1. The highest BCUT2D eigenvalue weighted by molar-refractivity contribution is 5.80. The molecule has 6 heteroatoms. The summed E-state index contributed by atoms with van der Waals surface area (Å²) in [5.41, 5.74) is 2.31. The number of benzene rings is 1. The van der Waals surface area contributed by atoms with Gasteiger partial charge in [-0.15, -0.1) is 0 Å². The number of likely N-dealkylation sites (tertiary alicyclic amines) is 1. The van der Waals surface area contributed by atoms with Crippen LogP contribution in [0.5, 0.6) is 0 Å². The predicted molar refractivity (Wildman–Crippen MR) is 126 cm³/mol. The minimum atomic E-state index is -0.0676. The van der Waals surface area contributed by atoms with E-state index in [4.69, 9.17) is 4.98 Å². The number of rotatable bonds is 6. The van der Waals surface area contributed by atoms with Crippen molar-refractivity contribution in [3.8, 4) is 0 Å². The lowest BCUT2D eigenvalue weighted by Crippen LogP contribution is -2.42. The van der Waals surface area contributed by atoms with Gasteiger partial charge in [-0.1, -0.05) is 49.6 Å². The van der Waals surface area contributed by atoms with Crippen molar-refractivity contribution in [2.24, 2.45) is 5.92 Å². The Morgan fingerprint density at radius 2 is 1.75 bits per heavy atom. The van der Waals surface area contributed by atoms with Gasteiger partial charge in [-0.05, 0) is 37.3 Å². The van der Waals surface area contributed by atoms with Crippen molar-refractivity contribution >= 4 is 11.9 Å². The summed E-state index contributed by atoms with van der Waals surface area (Å²) in [4.78, 5) is 27.6. The van der Waals surface area contributed by atoms with Crippen LogP contribution >= 0.6 is 0 Å². The SMILES string of the molecule is O=C(NC1CCCCC1)[C@H]1CN(Cc2ccccc2)C[C@@H]1c1ccnc(N2CCCC2)n1. The van der Waals surface area contributed by atoms with Crippen molar-refractivity contribution in [1.29, 1.82) is 0 Å². The maximum atomic E-state index is 13.4. The van der Waals surface area contributed by atoms with E-state index in [9.17, 15) is 4.79 Å². The van der Waals surface area contributed by atoms with Crippen LogP contribution in [-0.4, -0.2) is 53.0 Å². The molecule has 5 rings (SSSR count). The Balaban J connectivity index is 1.35. The van der Waals surface area contributed by atoms with Crippen LogP contribution in [0.2, 0.25) is 0 Å². The molecular formula is C26H35N5O. The molecule has 0 bridgehead atoms. The summed E-state index contributed by atoms with van der Waals surface area (Å²) >= 11 is 0. The van der Waals surface area contributed by atoms with Crippen LogP contribution in [0.25, 0.3) is 0 Å². The Morgan fingerprint density at radius 3 is 2.53 bits per heavy atom. The second-order valence-corrected chi connectivity index (χ2v) is 9.71. The van der Waals surface area contributed by atoms with Crippen LogP contribution in [0.15, 0.2) is 42.6 Å². The lowest BCUT2D eigenvalue weighted by Gasteiger charge is -2.26. The molecule has 2 aliphatic heterocycles. The predicted octanol–water partition coefficient (Wildman–Crippen LogP) is 3.74. The first kappa shape index (κ1) is 21.4. The Labute approximate surface area is 191 Å². The number of hydrogen-bond acceptors (Lipinski definition) is 5. The third-order valence-electron chi connectivity index (χ3n) is 7.37. The minimum Gasteiger partial charge on any atom is -0.353 e. The summed E-state index contributed by atoms with van der Waals surface area (Å²) in [6.07, 6.45) is 10.3. The monoisotopic (exact) mass is 433 g/mol. The van der Waals surface area contributed by atoms with E-state index in [2.05, 4.69) is 50.4 Å². The molecule has 1 N–H and O–H groups in total. The topological polar surface area (TPSA) is 61.4 Å². The lowest BCUT2D eigenvalue weighted by atomic mass is 9.90. The zero-order chi connectivity index (χ0) is 21.8. The van der Waals surface area contributed by atoms with Gasteiger partial charge in [0.05, 0.1) is 11.6 Å². The van der Waals surface area contributed by atoms with E-state index in [1.54, 1.807) is 0 Å². The van der Waals surface area contributed by atoms with Crippen molar-refractivity contribution in [1.82, 2.24) is 20.2 Å². The zero-order valence-electron chi connectivity index (χ0n) is 19.0. The molecule has 0 spiro atoms. The Morgan fingerprint density at radius 1 is 0.969 bits per heavy atom. The van der Waals surface area contributed by atoms with Crippen molar-refractivity contribution in [2.45, 2.75) is 63.5 Å². The second-order valence-electron chi connectivity index (χ2n) is 9.71. The quantitative estimate of drug-likeness (QED) is 0.752. The molecule has 1 aliphatic carbocycles. The van der Waals surface area contributed by atoms with Gasteiger partial charge in [0.15, 0.2) is 0 Å². The Bertz CT molecular complexity index is 892. The molecule has 2 atom stereocenters. The van der Waals surface area contributed by atoms with E-state index in [1.165, 1.54) is 37.7 Å². The number of nitrogens with one attached hydrogen (secondary N) is 1. The fourth-order valence-electron chi connectivity index (χ4n) is 5.61. The third-order valence-corrected chi connectivity index (χ3v) is 7.37. The fourth-order valence-corrected chi connectivity index (χ4v) is 5.61. The maximum Gasteiger partial charge on any atom is 0.225 e. The van der Waals surface area contributed by atoms with Gasteiger partial charge in [0.1, 0.15) is 0 Å². The number of carbonyl (C=O) groups is 1. The smallest absolute Gasteiger partial charge is 0.225 e. The average Bonchev–Trinajstić information content (AvgIpc) is 3.51. The van der Waals surface area contributed by atoms with Gasteiger partial charge in [0, 0.05) is 50.9 Å². The molecule has 3 aliphatic rings. The van der Waals surface area contributed by atoms with Gasteiger partial charge < -0.3 is 10.2 Å². The summed E-state index contributed by atoms with van der Waals surface area (Å²) in [5.74, 6) is 1.07. The fraction of sp³-hybridized carbons (Fsp3) is 0.577. The van der Waals surface area contributed by atoms with Gasteiger partial charge in [-0.25, -0.2) is 9.97 Å². The zero-order valence-corrected chi connectivity index (χ0v) is 19.0. The normalized spacial score (nSPS) is 24.7. The van der Waals surface area contributed by atoms with Crippen LogP contribution in [0.1, 0.15) is 62.1 Å². The molecule has 3 heterocycles. The van der Waals surface area contributed by atoms with E-state index in [0.717, 1.165) is 57.2 Å². The summed E-state index contributed by atoms with van der Waals surface area (Å²) in [6, 6.07) is 12.9. The first-order valence-corrected chi connectivity index (χ1v) is 12.4.